The Morgan fingerprint density at radius 2 is 2.03 bits per heavy atom. The second-order valence-electron chi connectivity index (χ2n) is 8.12. The summed E-state index contributed by atoms with van der Waals surface area (Å²) < 4.78 is 12.2. The summed E-state index contributed by atoms with van der Waals surface area (Å²) in [5.74, 6) is 0.275. The van der Waals surface area contributed by atoms with Gasteiger partial charge in [0.05, 0.1) is 22.8 Å². The molecule has 9 heteroatoms. The van der Waals surface area contributed by atoms with Gasteiger partial charge >= 0.3 is 0 Å². The molecule has 0 heterocycles. The fourth-order valence-corrected chi connectivity index (χ4v) is 4.11. The van der Waals surface area contributed by atoms with E-state index < -0.39 is 18.2 Å². The van der Waals surface area contributed by atoms with Gasteiger partial charge in [-0.25, -0.2) is 0 Å². The van der Waals surface area contributed by atoms with Crippen molar-refractivity contribution in [1.82, 2.24) is 10.2 Å². The van der Waals surface area contributed by atoms with Crippen molar-refractivity contribution < 1.29 is 29.3 Å². The van der Waals surface area contributed by atoms with Crippen LogP contribution in [-0.4, -0.2) is 78.6 Å². The third-order valence-electron chi connectivity index (χ3n) is 5.15. The highest BCUT2D eigenvalue weighted by Gasteiger charge is 2.40. The lowest BCUT2D eigenvalue weighted by Gasteiger charge is -2.40. The fourth-order valence-electron chi connectivity index (χ4n) is 3.60. The van der Waals surface area contributed by atoms with Gasteiger partial charge in [-0.05, 0) is 46.7 Å². The van der Waals surface area contributed by atoms with Gasteiger partial charge in [-0.1, -0.05) is 26.0 Å². The molecule has 0 spiro atoms. The highest BCUT2D eigenvalue weighted by molar-refractivity contribution is 14.1. The Hall–Kier alpha value is -1.69. The number of aliphatic hydroxyl groups is 2. The van der Waals surface area contributed by atoms with Crippen LogP contribution < -0.4 is 10.1 Å². The van der Waals surface area contributed by atoms with Gasteiger partial charge in [0, 0.05) is 38.6 Å². The van der Waals surface area contributed by atoms with Crippen LogP contribution in [-0.2, 0) is 14.3 Å². The number of amides is 2. The standard InChI is InChI=1S/C23H33IN2O6/c1-15(2)12-21(28)26(9-11-31-3)18-13-16(23(30)25-8-10-27)14-20(22(18)29)32-19-7-5-4-6-17(19)24/h4-7,14-15,18,20,22,27,29H,8-13H2,1-3H3,(H,25,30). The molecule has 8 nitrogen and oxygen atoms in total. The van der Waals surface area contributed by atoms with Crippen molar-refractivity contribution in [2.24, 2.45) is 5.92 Å². The molecule has 1 aromatic carbocycles. The first-order chi connectivity index (χ1) is 15.3. The molecule has 0 aliphatic heterocycles. The number of hydrogen-bond acceptors (Lipinski definition) is 6. The Morgan fingerprint density at radius 1 is 1.31 bits per heavy atom. The molecule has 0 saturated heterocycles. The van der Waals surface area contributed by atoms with E-state index in [1.807, 2.05) is 32.0 Å². The summed E-state index contributed by atoms with van der Waals surface area (Å²) in [5.41, 5.74) is 0.407. The third kappa shape index (κ3) is 7.43. The zero-order chi connectivity index (χ0) is 23.7. The number of methoxy groups -OCH3 is 1. The van der Waals surface area contributed by atoms with E-state index in [-0.39, 0.29) is 37.3 Å². The summed E-state index contributed by atoms with van der Waals surface area (Å²) in [6.07, 6.45) is 0.255. The summed E-state index contributed by atoms with van der Waals surface area (Å²) in [6.45, 7) is 4.46. The Labute approximate surface area is 203 Å². The van der Waals surface area contributed by atoms with Gasteiger partial charge in [-0.2, -0.15) is 0 Å². The van der Waals surface area contributed by atoms with Gasteiger partial charge in [-0.15, -0.1) is 0 Å². The number of carbonyl (C=O) groups excluding carboxylic acids is 2. The molecule has 1 aliphatic rings. The van der Waals surface area contributed by atoms with Crippen molar-refractivity contribution >= 4 is 34.4 Å². The van der Waals surface area contributed by atoms with E-state index >= 15 is 0 Å². The first-order valence-corrected chi connectivity index (χ1v) is 11.8. The zero-order valence-electron chi connectivity index (χ0n) is 18.8. The topological polar surface area (TPSA) is 108 Å². The van der Waals surface area contributed by atoms with Gasteiger partial charge in [0.2, 0.25) is 11.8 Å². The maximum atomic E-state index is 13.0. The predicted octanol–water partition coefficient (Wildman–Crippen LogP) is 1.73. The number of hydrogen-bond donors (Lipinski definition) is 3. The summed E-state index contributed by atoms with van der Waals surface area (Å²) in [5, 5.41) is 22.9. The van der Waals surface area contributed by atoms with Crippen LogP contribution in [0.4, 0.5) is 0 Å². The van der Waals surface area contributed by atoms with Crippen LogP contribution in [0.5, 0.6) is 5.75 Å². The molecule has 0 radical (unpaired) electrons. The minimum absolute atomic E-state index is 0.105. The predicted molar refractivity (Wildman–Crippen MR) is 129 cm³/mol. The van der Waals surface area contributed by atoms with E-state index in [1.54, 1.807) is 24.2 Å². The van der Waals surface area contributed by atoms with Crippen molar-refractivity contribution in [2.75, 3.05) is 33.4 Å². The number of ether oxygens (including phenoxy) is 2. The van der Waals surface area contributed by atoms with E-state index in [9.17, 15) is 14.7 Å². The van der Waals surface area contributed by atoms with Crippen molar-refractivity contribution in [2.45, 2.75) is 44.9 Å². The largest absolute Gasteiger partial charge is 0.482 e. The molecule has 2 amide bonds. The molecule has 3 atom stereocenters. The van der Waals surface area contributed by atoms with Crippen LogP contribution >= 0.6 is 22.6 Å². The van der Waals surface area contributed by atoms with Gasteiger partial charge in [0.25, 0.3) is 0 Å². The number of carbonyl (C=O) groups is 2. The molecule has 0 fully saturated rings. The molecule has 0 bridgehead atoms. The lowest BCUT2D eigenvalue weighted by atomic mass is 9.87. The molecule has 0 saturated carbocycles. The Balaban J connectivity index is 2.38. The molecular weight excluding hydrogens is 527 g/mol. The van der Waals surface area contributed by atoms with E-state index in [4.69, 9.17) is 14.6 Å². The highest BCUT2D eigenvalue weighted by Crippen LogP contribution is 2.30. The van der Waals surface area contributed by atoms with Crippen molar-refractivity contribution in [1.29, 1.82) is 0 Å². The van der Waals surface area contributed by atoms with Crippen LogP contribution in [0, 0.1) is 9.49 Å². The van der Waals surface area contributed by atoms with E-state index in [1.165, 1.54) is 0 Å². The minimum Gasteiger partial charge on any atom is -0.482 e. The summed E-state index contributed by atoms with van der Waals surface area (Å²) in [6, 6.07) is 6.75. The van der Waals surface area contributed by atoms with Crippen molar-refractivity contribution in [3.8, 4) is 5.75 Å². The van der Waals surface area contributed by atoms with Gasteiger partial charge in [-0.3, -0.25) is 9.59 Å². The molecule has 2 rings (SSSR count). The number of benzene rings is 1. The minimum atomic E-state index is -1.03. The maximum Gasteiger partial charge on any atom is 0.247 e. The van der Waals surface area contributed by atoms with Crippen molar-refractivity contribution in [3.05, 3.63) is 39.5 Å². The quantitative estimate of drug-likeness (QED) is 0.356. The Morgan fingerprint density at radius 3 is 2.66 bits per heavy atom. The fraction of sp³-hybridized carbons (Fsp3) is 0.565. The highest BCUT2D eigenvalue weighted by atomic mass is 127. The molecule has 3 unspecified atom stereocenters. The normalized spacial score (nSPS) is 20.6. The molecule has 1 aromatic rings. The van der Waals surface area contributed by atoms with Crippen LogP contribution in [0.15, 0.2) is 35.9 Å². The molecule has 1 aliphatic carbocycles. The number of aliphatic hydroxyl groups excluding tert-OH is 2. The average molecular weight is 560 g/mol. The number of rotatable bonds is 11. The first-order valence-electron chi connectivity index (χ1n) is 10.8. The van der Waals surface area contributed by atoms with Gasteiger partial charge in [0.1, 0.15) is 18.0 Å². The summed E-state index contributed by atoms with van der Waals surface area (Å²) >= 11 is 2.15. The molecule has 3 N–H and O–H groups in total. The zero-order valence-corrected chi connectivity index (χ0v) is 20.9. The monoisotopic (exact) mass is 560 g/mol. The number of nitrogens with zero attached hydrogens (tertiary/aromatic N) is 1. The summed E-state index contributed by atoms with van der Waals surface area (Å²) in [7, 11) is 1.55. The maximum absolute atomic E-state index is 13.0. The van der Waals surface area contributed by atoms with Crippen LogP contribution in [0.25, 0.3) is 0 Å². The Kier molecular flexibility index (Phi) is 10.9. The van der Waals surface area contributed by atoms with Crippen LogP contribution in [0.3, 0.4) is 0 Å². The smallest absolute Gasteiger partial charge is 0.247 e. The third-order valence-corrected chi connectivity index (χ3v) is 6.05. The lowest BCUT2D eigenvalue weighted by molar-refractivity contribution is -0.140. The summed E-state index contributed by atoms with van der Waals surface area (Å²) in [4.78, 5) is 27.3. The molecule has 0 aromatic heterocycles. The average Bonchev–Trinajstić information content (AvgIpc) is 2.75. The van der Waals surface area contributed by atoms with Crippen LogP contribution in [0.1, 0.15) is 26.7 Å². The van der Waals surface area contributed by atoms with E-state index in [2.05, 4.69) is 27.9 Å². The number of para-hydroxylation sites is 1. The first kappa shape index (κ1) is 26.6. The number of nitrogens with one attached hydrogen (secondary N) is 1. The van der Waals surface area contributed by atoms with E-state index in [0.717, 1.165) is 3.57 Å². The van der Waals surface area contributed by atoms with Crippen molar-refractivity contribution in [3.63, 3.8) is 0 Å². The van der Waals surface area contributed by atoms with Gasteiger partial charge < -0.3 is 29.9 Å². The SMILES string of the molecule is COCCN(C(=O)CC(C)C)C1CC(C(=O)NCCO)=CC(Oc2ccccc2I)C1O. The lowest BCUT2D eigenvalue weighted by Crippen LogP contribution is -2.56. The second-order valence-corrected chi connectivity index (χ2v) is 9.29. The van der Waals surface area contributed by atoms with E-state index in [0.29, 0.717) is 30.9 Å². The second kappa shape index (κ2) is 13.1. The molecular formula is C23H33IN2O6. The molecule has 32 heavy (non-hydrogen) atoms. The Bertz CT molecular complexity index is 800. The molecule has 178 valence electrons. The number of halogens is 1. The van der Waals surface area contributed by atoms with Crippen LogP contribution in [0.2, 0.25) is 0 Å². The van der Waals surface area contributed by atoms with Gasteiger partial charge in [0.15, 0.2) is 0 Å².